The third-order valence-electron chi connectivity index (χ3n) is 10.3. The molecule has 7 heterocycles. The number of carbonyl (C=O) groups is 2. The van der Waals surface area contributed by atoms with Crippen molar-refractivity contribution in [3.05, 3.63) is 84.5 Å². The molecule has 0 radical (unpaired) electrons. The van der Waals surface area contributed by atoms with E-state index in [0.717, 1.165) is 41.4 Å². The molecule has 50 heavy (non-hydrogen) atoms. The lowest BCUT2D eigenvalue weighted by Gasteiger charge is -2.30. The van der Waals surface area contributed by atoms with E-state index in [4.69, 9.17) is 14.5 Å². The molecule has 13 nitrogen and oxygen atoms in total. The van der Waals surface area contributed by atoms with E-state index in [1.165, 1.54) is 5.57 Å². The van der Waals surface area contributed by atoms with Crippen LogP contribution in [0.25, 0.3) is 50.5 Å². The van der Waals surface area contributed by atoms with E-state index < -0.39 is 5.41 Å². The Bertz CT molecular complexity index is 2310. The first-order valence-corrected chi connectivity index (χ1v) is 17.1. The maximum atomic E-state index is 14.4. The van der Waals surface area contributed by atoms with Crippen LogP contribution in [0.2, 0.25) is 0 Å². The summed E-state index contributed by atoms with van der Waals surface area (Å²) in [5.74, 6) is 1.27. The fourth-order valence-corrected chi connectivity index (χ4v) is 7.79. The van der Waals surface area contributed by atoms with E-state index in [1.54, 1.807) is 27.7 Å². The molecule has 2 saturated heterocycles. The summed E-state index contributed by atoms with van der Waals surface area (Å²) in [6.07, 6.45) is 6.12. The van der Waals surface area contributed by atoms with Crippen molar-refractivity contribution >= 4 is 39.5 Å². The molecule has 4 aromatic heterocycles. The van der Waals surface area contributed by atoms with Gasteiger partial charge in [-0.2, -0.15) is 14.9 Å². The fraction of sp³-hybridized carbons (Fsp3) is 0.324. The van der Waals surface area contributed by atoms with Crippen molar-refractivity contribution in [1.29, 1.82) is 0 Å². The molecule has 3 aliphatic heterocycles. The van der Waals surface area contributed by atoms with Crippen LogP contribution in [0.4, 0.5) is 0 Å². The number of pyridine rings is 1. The van der Waals surface area contributed by atoms with Crippen LogP contribution >= 0.6 is 0 Å². The molecule has 1 spiro atoms. The molecular weight excluding hydrogens is 632 g/mol. The highest BCUT2D eigenvalue weighted by atomic mass is 16.3. The highest BCUT2D eigenvalue weighted by Crippen LogP contribution is 2.42. The summed E-state index contributed by atoms with van der Waals surface area (Å²) in [5.41, 5.74) is 5.92. The quantitative estimate of drug-likeness (QED) is 0.276. The Labute approximate surface area is 287 Å². The number of aryl methyl sites for hydroxylation is 2. The second kappa shape index (κ2) is 11.7. The summed E-state index contributed by atoms with van der Waals surface area (Å²) in [6, 6.07) is 19.5. The molecule has 2 fully saturated rings. The van der Waals surface area contributed by atoms with Crippen LogP contribution in [0.5, 0.6) is 0 Å². The van der Waals surface area contributed by atoms with Crippen LogP contribution < -0.4 is 10.3 Å². The van der Waals surface area contributed by atoms with E-state index in [-0.39, 0.29) is 24.3 Å². The maximum Gasteiger partial charge on any atom is 0.250 e. The Morgan fingerprint density at radius 1 is 1.04 bits per heavy atom. The van der Waals surface area contributed by atoms with Gasteiger partial charge in [0, 0.05) is 51.0 Å². The van der Waals surface area contributed by atoms with Crippen LogP contribution in [0.3, 0.4) is 0 Å². The second-order valence-electron chi connectivity index (χ2n) is 13.6. The minimum absolute atomic E-state index is 0.000756. The number of hydrogen-bond donors (Lipinski definition) is 1. The first-order chi connectivity index (χ1) is 24.3. The SMILES string of the molecule is Cc1nc2nc(-c3nn(N4C(=O)C5(CCNC5)C[C@H]4CC(=O)N4CC=C(c5ccc(-c6ncn(C)n6)cc5)CC4)c4ccccc34)ccc2o1. The van der Waals surface area contributed by atoms with Crippen molar-refractivity contribution in [3.63, 3.8) is 0 Å². The number of oxazole rings is 1. The number of carbonyl (C=O) groups excluding carboxylic acids is 2. The standard InChI is InChI=1S/C37H36N10O3/c1-23-40-35-31(50-23)12-11-29(41-35)33-28-5-3-4-6-30(28)47(42-33)46-27(20-37(36(46)49)15-16-38-21-37)19-32(48)45-17-13-25(14-18-45)24-7-9-26(10-8-24)34-39-22-44(2)43-34/h3-13,22,27,38H,14-21H2,1-2H3/t27-,37?/m1/s1. The highest BCUT2D eigenvalue weighted by molar-refractivity contribution is 5.99. The van der Waals surface area contributed by atoms with Crippen LogP contribution in [0, 0.1) is 12.3 Å². The number of amides is 2. The lowest BCUT2D eigenvalue weighted by atomic mass is 9.83. The Morgan fingerprint density at radius 2 is 1.88 bits per heavy atom. The summed E-state index contributed by atoms with van der Waals surface area (Å²) in [7, 11) is 1.85. The first kappa shape index (κ1) is 30.4. The summed E-state index contributed by atoms with van der Waals surface area (Å²) < 4.78 is 7.34. The van der Waals surface area contributed by atoms with Crippen molar-refractivity contribution < 1.29 is 14.0 Å². The number of nitrogens with zero attached hydrogens (tertiary/aromatic N) is 9. The third-order valence-corrected chi connectivity index (χ3v) is 10.3. The first-order valence-electron chi connectivity index (χ1n) is 17.1. The van der Waals surface area contributed by atoms with Crippen molar-refractivity contribution in [2.75, 3.05) is 31.2 Å². The number of fused-ring (bicyclic) bond motifs is 2. The molecular formula is C37H36N10O3. The normalized spacial score (nSPS) is 20.9. The molecule has 3 aliphatic rings. The van der Waals surface area contributed by atoms with Gasteiger partial charge in [0.1, 0.15) is 12.0 Å². The van der Waals surface area contributed by atoms with Gasteiger partial charge in [0.25, 0.3) is 5.91 Å². The minimum Gasteiger partial charge on any atom is -0.439 e. The molecule has 2 amide bonds. The number of hydrogen-bond acceptors (Lipinski definition) is 9. The van der Waals surface area contributed by atoms with Gasteiger partial charge < -0.3 is 14.6 Å². The molecule has 252 valence electrons. The Morgan fingerprint density at radius 3 is 2.64 bits per heavy atom. The molecule has 6 aromatic rings. The number of aromatic nitrogens is 7. The van der Waals surface area contributed by atoms with Gasteiger partial charge in [0.2, 0.25) is 5.91 Å². The van der Waals surface area contributed by atoms with Crippen molar-refractivity contribution in [3.8, 4) is 22.8 Å². The highest BCUT2D eigenvalue weighted by Gasteiger charge is 2.55. The van der Waals surface area contributed by atoms with Gasteiger partial charge in [-0.1, -0.05) is 48.5 Å². The lowest BCUT2D eigenvalue weighted by Crippen LogP contribution is -2.48. The van der Waals surface area contributed by atoms with Crippen molar-refractivity contribution in [2.24, 2.45) is 12.5 Å². The number of nitrogens with one attached hydrogen (secondary N) is 1. The molecule has 2 atom stereocenters. The smallest absolute Gasteiger partial charge is 0.250 e. The van der Waals surface area contributed by atoms with Crippen molar-refractivity contribution in [2.45, 2.75) is 38.6 Å². The van der Waals surface area contributed by atoms with Gasteiger partial charge in [-0.15, -0.1) is 5.10 Å². The van der Waals surface area contributed by atoms with Gasteiger partial charge in [0.05, 0.1) is 22.7 Å². The molecule has 13 heteroatoms. The van der Waals surface area contributed by atoms with Crippen LogP contribution in [0.15, 0.2) is 77.5 Å². The number of benzene rings is 2. The van der Waals surface area contributed by atoms with E-state index in [9.17, 15) is 9.59 Å². The van der Waals surface area contributed by atoms with E-state index in [2.05, 4.69) is 38.6 Å². The largest absolute Gasteiger partial charge is 0.439 e. The monoisotopic (exact) mass is 668 g/mol. The van der Waals surface area contributed by atoms with Crippen LogP contribution in [0.1, 0.15) is 37.1 Å². The lowest BCUT2D eigenvalue weighted by molar-refractivity contribution is -0.131. The minimum atomic E-state index is -0.570. The van der Waals surface area contributed by atoms with E-state index in [0.29, 0.717) is 60.4 Å². The van der Waals surface area contributed by atoms with Gasteiger partial charge in [-0.05, 0) is 55.1 Å². The second-order valence-corrected chi connectivity index (χ2v) is 13.6. The predicted octanol–water partition coefficient (Wildman–Crippen LogP) is 4.27. The predicted molar refractivity (Wildman–Crippen MR) is 187 cm³/mol. The zero-order valence-electron chi connectivity index (χ0n) is 27.9. The summed E-state index contributed by atoms with van der Waals surface area (Å²) in [4.78, 5) is 45.5. The Hall–Kier alpha value is -5.69. The van der Waals surface area contributed by atoms with E-state index >= 15 is 0 Å². The average Bonchev–Trinajstić information content (AvgIpc) is 3.97. The topological polar surface area (TPSA) is 140 Å². The van der Waals surface area contributed by atoms with Crippen molar-refractivity contribution in [1.82, 2.24) is 44.8 Å². The zero-order chi connectivity index (χ0) is 34.0. The average molecular weight is 669 g/mol. The zero-order valence-corrected chi connectivity index (χ0v) is 27.9. The summed E-state index contributed by atoms with van der Waals surface area (Å²) >= 11 is 0. The van der Waals surface area contributed by atoms with E-state index in [1.807, 2.05) is 60.5 Å². The molecule has 0 bridgehead atoms. The fourth-order valence-electron chi connectivity index (χ4n) is 7.79. The van der Waals surface area contributed by atoms with Crippen LogP contribution in [-0.4, -0.2) is 83.6 Å². The molecule has 2 aromatic carbocycles. The summed E-state index contributed by atoms with van der Waals surface area (Å²) in [5, 5.41) is 15.4. The molecule has 1 N–H and O–H groups in total. The molecule has 9 rings (SSSR count). The maximum absolute atomic E-state index is 14.4. The number of para-hydroxylation sites is 1. The van der Waals surface area contributed by atoms with Gasteiger partial charge in [0.15, 0.2) is 22.9 Å². The molecule has 0 aliphatic carbocycles. The molecule has 1 unspecified atom stereocenters. The van der Waals surface area contributed by atoms with Gasteiger partial charge >= 0.3 is 0 Å². The van der Waals surface area contributed by atoms with Gasteiger partial charge in [-0.3, -0.25) is 14.3 Å². The number of rotatable bonds is 6. The van der Waals surface area contributed by atoms with Gasteiger partial charge in [-0.25, -0.2) is 15.0 Å². The Balaban J connectivity index is 0.988. The Kier molecular flexibility index (Phi) is 7.12. The third kappa shape index (κ3) is 5.07. The summed E-state index contributed by atoms with van der Waals surface area (Å²) in [6.45, 7) is 4.29. The molecule has 0 saturated carbocycles. The van der Waals surface area contributed by atoms with Crippen LogP contribution in [-0.2, 0) is 16.6 Å².